The Morgan fingerprint density at radius 1 is 1.32 bits per heavy atom. The summed E-state index contributed by atoms with van der Waals surface area (Å²) in [6.07, 6.45) is 3.47. The average Bonchev–Trinajstić information content (AvgIpc) is 2.31. The second-order valence-corrected chi connectivity index (χ2v) is 6.39. The summed E-state index contributed by atoms with van der Waals surface area (Å²) in [5, 5.41) is 15.0. The van der Waals surface area contributed by atoms with Crippen LogP contribution < -0.4 is 10.6 Å². The van der Waals surface area contributed by atoms with E-state index in [2.05, 4.69) is 17.6 Å². The lowest BCUT2D eigenvalue weighted by Gasteiger charge is -2.37. The Labute approximate surface area is 115 Å². The smallest absolute Gasteiger partial charge is 0.329 e. The van der Waals surface area contributed by atoms with Crippen molar-refractivity contribution < 1.29 is 14.7 Å². The zero-order chi connectivity index (χ0) is 14.7. The molecule has 0 bridgehead atoms. The number of rotatable bonds is 4. The molecule has 0 heterocycles. The fraction of sp³-hybridized carbons (Fsp3) is 0.857. The monoisotopic (exact) mass is 270 g/mol. The molecule has 3 N–H and O–H groups in total. The number of hydrogen-bond donors (Lipinski definition) is 3. The summed E-state index contributed by atoms with van der Waals surface area (Å²) in [4.78, 5) is 23.5. The van der Waals surface area contributed by atoms with Crippen LogP contribution in [0.15, 0.2) is 0 Å². The quantitative estimate of drug-likeness (QED) is 0.734. The molecular formula is C14H26N2O3. The van der Waals surface area contributed by atoms with Crippen molar-refractivity contribution in [3.63, 3.8) is 0 Å². The highest BCUT2D eigenvalue weighted by molar-refractivity contribution is 5.86. The predicted octanol–water partition coefficient (Wildman–Crippen LogP) is 2.51. The van der Waals surface area contributed by atoms with Gasteiger partial charge in [-0.05, 0) is 51.9 Å². The number of carbonyl (C=O) groups is 2. The van der Waals surface area contributed by atoms with Gasteiger partial charge in [0.25, 0.3) is 0 Å². The Balaban J connectivity index is 2.70. The van der Waals surface area contributed by atoms with Gasteiger partial charge in [0.2, 0.25) is 0 Å². The molecule has 5 heteroatoms. The number of aliphatic carboxylic acids is 1. The SMILES string of the molecule is CCC(C)(C)NC(=O)NC1(C(=O)O)CCC(C)CC1. The Morgan fingerprint density at radius 3 is 2.26 bits per heavy atom. The molecule has 0 aliphatic heterocycles. The molecule has 0 spiro atoms. The van der Waals surface area contributed by atoms with Gasteiger partial charge in [-0.3, -0.25) is 0 Å². The Bertz CT molecular complexity index is 345. The molecule has 0 aromatic heterocycles. The molecule has 110 valence electrons. The second kappa shape index (κ2) is 5.80. The van der Waals surface area contributed by atoms with Crippen molar-refractivity contribution in [3.8, 4) is 0 Å². The molecule has 0 aromatic rings. The molecule has 0 atom stereocenters. The fourth-order valence-electron chi connectivity index (χ4n) is 2.29. The maximum atomic E-state index is 12.0. The molecule has 0 saturated heterocycles. The van der Waals surface area contributed by atoms with Crippen LogP contribution in [0.5, 0.6) is 0 Å². The van der Waals surface area contributed by atoms with Crippen molar-refractivity contribution in [3.05, 3.63) is 0 Å². The van der Waals surface area contributed by atoms with Crippen LogP contribution in [0.1, 0.15) is 59.8 Å². The molecule has 1 aliphatic carbocycles. The van der Waals surface area contributed by atoms with E-state index in [-0.39, 0.29) is 11.6 Å². The van der Waals surface area contributed by atoms with Crippen molar-refractivity contribution in [2.24, 2.45) is 5.92 Å². The summed E-state index contributed by atoms with van der Waals surface area (Å²) < 4.78 is 0. The van der Waals surface area contributed by atoms with Crippen LogP contribution in [0.2, 0.25) is 0 Å². The number of carboxylic acid groups (broad SMARTS) is 1. The summed E-state index contributed by atoms with van der Waals surface area (Å²) in [6, 6.07) is -0.385. The largest absolute Gasteiger partial charge is 0.480 e. The van der Waals surface area contributed by atoms with Crippen molar-refractivity contribution in [1.82, 2.24) is 10.6 Å². The van der Waals surface area contributed by atoms with E-state index < -0.39 is 11.5 Å². The highest BCUT2D eigenvalue weighted by atomic mass is 16.4. The van der Waals surface area contributed by atoms with Gasteiger partial charge in [0.05, 0.1) is 0 Å². The van der Waals surface area contributed by atoms with Gasteiger partial charge < -0.3 is 15.7 Å². The van der Waals surface area contributed by atoms with Crippen LogP contribution in [0.25, 0.3) is 0 Å². The van der Waals surface area contributed by atoms with Crippen LogP contribution in [0.3, 0.4) is 0 Å². The van der Waals surface area contributed by atoms with Crippen molar-refractivity contribution in [2.45, 2.75) is 70.9 Å². The minimum Gasteiger partial charge on any atom is -0.480 e. The molecule has 0 radical (unpaired) electrons. The zero-order valence-corrected chi connectivity index (χ0v) is 12.4. The van der Waals surface area contributed by atoms with Crippen molar-refractivity contribution in [2.75, 3.05) is 0 Å². The lowest BCUT2D eigenvalue weighted by Crippen LogP contribution is -2.61. The van der Waals surface area contributed by atoms with Crippen LogP contribution in [0, 0.1) is 5.92 Å². The Morgan fingerprint density at radius 2 is 1.84 bits per heavy atom. The number of urea groups is 1. The molecule has 2 amide bonds. The molecular weight excluding hydrogens is 244 g/mol. The lowest BCUT2D eigenvalue weighted by atomic mass is 9.77. The fourth-order valence-corrected chi connectivity index (χ4v) is 2.29. The summed E-state index contributed by atoms with van der Waals surface area (Å²) in [5.74, 6) is -0.395. The average molecular weight is 270 g/mol. The van der Waals surface area contributed by atoms with Crippen LogP contribution in [0.4, 0.5) is 4.79 Å². The van der Waals surface area contributed by atoms with Crippen LogP contribution >= 0.6 is 0 Å². The van der Waals surface area contributed by atoms with Gasteiger partial charge in [-0.1, -0.05) is 13.8 Å². The highest BCUT2D eigenvalue weighted by Crippen LogP contribution is 2.32. The number of carboxylic acids is 1. The summed E-state index contributed by atoms with van der Waals surface area (Å²) in [5.41, 5.74) is -1.42. The van der Waals surface area contributed by atoms with E-state index in [0.29, 0.717) is 18.8 Å². The van der Waals surface area contributed by atoms with Gasteiger partial charge in [0.15, 0.2) is 0 Å². The van der Waals surface area contributed by atoms with E-state index in [1.165, 1.54) is 0 Å². The van der Waals surface area contributed by atoms with E-state index >= 15 is 0 Å². The van der Waals surface area contributed by atoms with Crippen molar-refractivity contribution in [1.29, 1.82) is 0 Å². The predicted molar refractivity (Wildman–Crippen MR) is 74.0 cm³/mol. The third kappa shape index (κ3) is 4.11. The molecule has 0 unspecified atom stereocenters. The first-order valence-corrected chi connectivity index (χ1v) is 7.04. The van der Waals surface area contributed by atoms with Crippen LogP contribution in [-0.2, 0) is 4.79 Å². The molecule has 1 aliphatic rings. The minimum absolute atomic E-state index is 0.328. The maximum absolute atomic E-state index is 12.0. The van der Waals surface area contributed by atoms with Gasteiger partial charge in [0, 0.05) is 5.54 Å². The van der Waals surface area contributed by atoms with E-state index in [1.54, 1.807) is 0 Å². The summed E-state index contributed by atoms with van der Waals surface area (Å²) in [7, 11) is 0. The minimum atomic E-state index is -1.10. The van der Waals surface area contributed by atoms with Gasteiger partial charge in [-0.15, -0.1) is 0 Å². The molecule has 19 heavy (non-hydrogen) atoms. The van der Waals surface area contributed by atoms with E-state index in [0.717, 1.165) is 19.3 Å². The first-order chi connectivity index (χ1) is 8.71. The topological polar surface area (TPSA) is 78.4 Å². The van der Waals surface area contributed by atoms with Gasteiger partial charge in [-0.25, -0.2) is 9.59 Å². The zero-order valence-electron chi connectivity index (χ0n) is 12.4. The second-order valence-electron chi connectivity index (χ2n) is 6.39. The highest BCUT2D eigenvalue weighted by Gasteiger charge is 2.42. The van der Waals surface area contributed by atoms with Gasteiger partial charge in [0.1, 0.15) is 5.54 Å². The maximum Gasteiger partial charge on any atom is 0.329 e. The Kier molecular flexibility index (Phi) is 4.82. The Hall–Kier alpha value is -1.26. The van der Waals surface area contributed by atoms with Gasteiger partial charge >= 0.3 is 12.0 Å². The molecule has 1 rings (SSSR count). The standard InChI is InChI=1S/C14H26N2O3/c1-5-13(3,4)15-12(19)16-14(11(17)18)8-6-10(2)7-9-14/h10H,5-9H2,1-4H3,(H,17,18)(H2,15,16,19). The molecule has 5 nitrogen and oxygen atoms in total. The number of amides is 2. The molecule has 1 fully saturated rings. The third-order valence-electron chi connectivity index (χ3n) is 4.23. The third-order valence-corrected chi connectivity index (χ3v) is 4.23. The number of carbonyl (C=O) groups excluding carboxylic acids is 1. The first kappa shape index (κ1) is 15.8. The molecule has 1 saturated carbocycles. The summed E-state index contributed by atoms with van der Waals surface area (Å²) >= 11 is 0. The summed E-state index contributed by atoms with van der Waals surface area (Å²) in [6.45, 7) is 7.94. The van der Waals surface area contributed by atoms with E-state index in [1.807, 2.05) is 20.8 Å². The van der Waals surface area contributed by atoms with E-state index in [9.17, 15) is 14.7 Å². The number of nitrogens with one attached hydrogen (secondary N) is 2. The number of hydrogen-bond acceptors (Lipinski definition) is 2. The first-order valence-electron chi connectivity index (χ1n) is 7.04. The van der Waals surface area contributed by atoms with E-state index in [4.69, 9.17) is 0 Å². The van der Waals surface area contributed by atoms with Crippen LogP contribution in [-0.4, -0.2) is 28.2 Å². The van der Waals surface area contributed by atoms with Crippen molar-refractivity contribution >= 4 is 12.0 Å². The van der Waals surface area contributed by atoms with Gasteiger partial charge in [-0.2, -0.15) is 0 Å². The normalized spacial score (nSPS) is 27.7. The lowest BCUT2D eigenvalue weighted by molar-refractivity contribution is -0.146. The molecule has 0 aromatic carbocycles.